The van der Waals surface area contributed by atoms with Crippen LogP contribution in [-0.4, -0.2) is 203 Å². The molecule has 4 aliphatic heterocycles. The lowest BCUT2D eigenvalue weighted by atomic mass is 9.82. The minimum Gasteiger partial charge on any atom is -0.472 e. The highest BCUT2D eigenvalue weighted by atomic mass is 16.8. The lowest BCUT2D eigenvalue weighted by Gasteiger charge is -2.50. The summed E-state index contributed by atoms with van der Waals surface area (Å²) >= 11 is 0. The lowest BCUT2D eigenvalue weighted by Crippen LogP contribution is -2.67. The van der Waals surface area contributed by atoms with Gasteiger partial charge < -0.3 is 99.5 Å². The molecule has 0 aromatic carbocycles. The van der Waals surface area contributed by atoms with Crippen LogP contribution in [0, 0.1) is 5.92 Å². The summed E-state index contributed by atoms with van der Waals surface area (Å²) in [5.74, 6) is -1.31. The van der Waals surface area contributed by atoms with E-state index < -0.39 is 142 Å². The summed E-state index contributed by atoms with van der Waals surface area (Å²) in [6.07, 6.45) is -26.0. The van der Waals surface area contributed by atoms with Crippen LogP contribution in [0.3, 0.4) is 0 Å². The Kier molecular flexibility index (Phi) is 11.6. The molecule has 19 atom stereocenters. The lowest BCUT2D eigenvalue weighted by molar-refractivity contribution is -0.388. The zero-order valence-electron chi connectivity index (χ0n) is 24.6. The van der Waals surface area contributed by atoms with Crippen molar-refractivity contribution in [2.45, 2.75) is 110 Å². The molecule has 0 amide bonds. The fraction of sp³-hybridized carbons (Fsp3) is 0.852. The molecule has 0 saturated carbocycles. The Bertz CT molecular complexity index is 1110. The number of aliphatic hydroxyl groups excluding tert-OH is 13. The van der Waals surface area contributed by atoms with Gasteiger partial charge in [-0.15, -0.1) is 0 Å². The Hall–Kier alpha value is -1.48. The molecule has 0 spiro atoms. The van der Waals surface area contributed by atoms with Crippen LogP contribution in [0.25, 0.3) is 0 Å². The second-order valence-corrected chi connectivity index (χ2v) is 11.9. The Morgan fingerprint density at radius 1 is 0.574 bits per heavy atom. The quantitative estimate of drug-likeness (QED) is 0.0949. The van der Waals surface area contributed by atoms with Crippen molar-refractivity contribution >= 4 is 0 Å². The van der Waals surface area contributed by atoms with Crippen LogP contribution in [0.1, 0.15) is 0 Å². The predicted molar refractivity (Wildman–Crippen MR) is 144 cm³/mol. The Morgan fingerprint density at radius 3 is 1.57 bits per heavy atom. The molecule has 1 aliphatic carbocycles. The third-order valence-corrected chi connectivity index (χ3v) is 9.12. The molecule has 3 saturated heterocycles. The molecule has 4 heterocycles. The third kappa shape index (κ3) is 6.59. The van der Waals surface area contributed by atoms with E-state index in [1.165, 1.54) is 12.2 Å². The van der Waals surface area contributed by atoms with Gasteiger partial charge in [-0.05, 0) is 11.6 Å². The fourth-order valence-electron chi connectivity index (χ4n) is 6.39. The Labute approximate surface area is 266 Å². The van der Waals surface area contributed by atoms with Crippen molar-refractivity contribution in [3.05, 3.63) is 24.0 Å². The number of hydrogen-bond acceptors (Lipinski definition) is 20. The maximum atomic E-state index is 11.3. The highest BCUT2D eigenvalue weighted by Gasteiger charge is 2.61. The van der Waals surface area contributed by atoms with Crippen molar-refractivity contribution in [2.24, 2.45) is 5.92 Å². The van der Waals surface area contributed by atoms with Gasteiger partial charge in [0.15, 0.2) is 18.9 Å². The molecule has 0 aromatic heterocycles. The van der Waals surface area contributed by atoms with Crippen LogP contribution in [0.15, 0.2) is 24.0 Å². The summed E-state index contributed by atoms with van der Waals surface area (Å²) in [5.41, 5.74) is -1.95. The molecule has 5 aliphatic rings. The minimum absolute atomic E-state index is 0.0675. The van der Waals surface area contributed by atoms with E-state index in [1.54, 1.807) is 0 Å². The second kappa shape index (κ2) is 14.8. The molecule has 20 heteroatoms. The molecule has 3 fully saturated rings. The summed E-state index contributed by atoms with van der Waals surface area (Å²) in [6, 6.07) is 0. The van der Waals surface area contributed by atoms with E-state index in [0.29, 0.717) is 0 Å². The normalized spacial score (nSPS) is 51.7. The molecule has 0 unspecified atom stereocenters. The average molecular weight is 687 g/mol. The van der Waals surface area contributed by atoms with Crippen molar-refractivity contribution < 1.29 is 99.5 Å². The molecular weight excluding hydrogens is 644 g/mol. The molecule has 13 N–H and O–H groups in total. The molecular formula is C27H42O20. The summed E-state index contributed by atoms with van der Waals surface area (Å²) < 4.78 is 39.8. The van der Waals surface area contributed by atoms with Crippen LogP contribution in [0.4, 0.5) is 0 Å². The van der Waals surface area contributed by atoms with Crippen molar-refractivity contribution in [1.82, 2.24) is 0 Å². The monoisotopic (exact) mass is 686 g/mol. The van der Waals surface area contributed by atoms with Crippen molar-refractivity contribution in [1.29, 1.82) is 0 Å². The van der Waals surface area contributed by atoms with Gasteiger partial charge in [0.2, 0.25) is 6.29 Å². The Morgan fingerprint density at radius 2 is 1.06 bits per heavy atom. The van der Waals surface area contributed by atoms with Crippen molar-refractivity contribution in [2.75, 3.05) is 26.4 Å². The number of rotatable bonds is 10. The first-order valence-electron chi connectivity index (χ1n) is 14.9. The first kappa shape index (κ1) is 36.8. The SMILES string of the molecule is OCC1=C[C@@H](O)[C@]2(O[C@@H]3O[C@H](CO)[C@H](O)[C@@H](O)[C@H]3O[C@@H]3O[C@H](CO)[C@H](O)[C@H](O)[C@H]3O)C=CO[C@@H](O[C@H]3O[C@H](CO)[C@@H](O)[C@@H](O)[C@H]3O)[C@@H]12. The molecule has 47 heavy (non-hydrogen) atoms. The second-order valence-electron chi connectivity index (χ2n) is 11.9. The van der Waals surface area contributed by atoms with Gasteiger partial charge in [-0.3, -0.25) is 0 Å². The van der Waals surface area contributed by atoms with Crippen LogP contribution < -0.4 is 0 Å². The van der Waals surface area contributed by atoms with Gasteiger partial charge in [0.05, 0.1) is 38.6 Å². The maximum absolute atomic E-state index is 11.3. The van der Waals surface area contributed by atoms with Gasteiger partial charge in [-0.1, -0.05) is 6.08 Å². The highest BCUT2D eigenvalue weighted by molar-refractivity contribution is 5.34. The summed E-state index contributed by atoms with van der Waals surface area (Å²) in [4.78, 5) is 0. The zero-order chi connectivity index (χ0) is 34.4. The van der Waals surface area contributed by atoms with E-state index in [4.69, 9.17) is 33.2 Å². The molecule has 270 valence electrons. The average Bonchev–Trinajstić information content (AvgIpc) is 3.35. The van der Waals surface area contributed by atoms with Crippen molar-refractivity contribution in [3.8, 4) is 0 Å². The largest absolute Gasteiger partial charge is 0.472 e. The number of hydrogen-bond donors (Lipinski definition) is 13. The van der Waals surface area contributed by atoms with Crippen LogP contribution in [0.2, 0.25) is 0 Å². The fourth-order valence-corrected chi connectivity index (χ4v) is 6.39. The first-order valence-corrected chi connectivity index (χ1v) is 14.9. The molecule has 5 rings (SSSR count). The highest BCUT2D eigenvalue weighted by Crippen LogP contribution is 2.48. The van der Waals surface area contributed by atoms with Gasteiger partial charge in [-0.25, -0.2) is 0 Å². The van der Waals surface area contributed by atoms with Gasteiger partial charge in [-0.2, -0.15) is 0 Å². The molecule has 0 aromatic rings. The number of aliphatic hydroxyl groups is 13. The standard InChI is InChI=1S/C27H42O20/c28-4-8-3-12(32)27(1-2-41-23(13(8)27)46-25-21(40)18(37)15(34)10(6-30)43-25)47-26-22(19(38)16(35)11(7-31)44-26)45-24-20(39)17(36)14(33)9(5-29)42-24/h1-3,9-26,28-40H,4-7H2/t9-,10-,11-,12-,13-,14+,15-,16+,17+,18-,19-,20-,21-,22-,23+,24+,25-,26+,27-/m1/s1. The smallest absolute Gasteiger partial charge is 0.211 e. The van der Waals surface area contributed by atoms with Gasteiger partial charge in [0.25, 0.3) is 0 Å². The number of ether oxygens (including phenoxy) is 7. The molecule has 0 radical (unpaired) electrons. The minimum atomic E-state index is -2.02. The van der Waals surface area contributed by atoms with E-state index in [-0.39, 0.29) is 5.57 Å². The molecule has 20 nitrogen and oxygen atoms in total. The van der Waals surface area contributed by atoms with Crippen LogP contribution in [-0.2, 0) is 33.2 Å². The van der Waals surface area contributed by atoms with E-state index >= 15 is 0 Å². The molecule has 0 bridgehead atoms. The predicted octanol–water partition coefficient (Wildman–Crippen LogP) is -8.04. The Balaban J connectivity index is 1.44. The van der Waals surface area contributed by atoms with Gasteiger partial charge in [0, 0.05) is 0 Å². The van der Waals surface area contributed by atoms with E-state index in [9.17, 15) is 66.4 Å². The zero-order valence-corrected chi connectivity index (χ0v) is 24.6. The topological polar surface area (TPSA) is 328 Å². The number of fused-ring (bicyclic) bond motifs is 1. The van der Waals surface area contributed by atoms with E-state index in [0.717, 1.165) is 6.26 Å². The summed E-state index contributed by atoms with van der Waals surface area (Å²) in [5, 5.41) is 134. The van der Waals surface area contributed by atoms with Crippen molar-refractivity contribution in [3.63, 3.8) is 0 Å². The van der Waals surface area contributed by atoms with Gasteiger partial charge in [0.1, 0.15) is 85.0 Å². The first-order chi connectivity index (χ1) is 22.3. The summed E-state index contributed by atoms with van der Waals surface area (Å²) in [6.45, 7) is -3.11. The summed E-state index contributed by atoms with van der Waals surface area (Å²) in [7, 11) is 0. The van der Waals surface area contributed by atoms with Gasteiger partial charge >= 0.3 is 0 Å². The third-order valence-electron chi connectivity index (χ3n) is 9.12. The van der Waals surface area contributed by atoms with Crippen LogP contribution >= 0.6 is 0 Å². The van der Waals surface area contributed by atoms with E-state index in [1.807, 2.05) is 0 Å². The maximum Gasteiger partial charge on any atom is 0.211 e. The van der Waals surface area contributed by atoms with E-state index in [2.05, 4.69) is 0 Å². The van der Waals surface area contributed by atoms with Crippen LogP contribution in [0.5, 0.6) is 0 Å².